The van der Waals surface area contributed by atoms with Crippen LogP contribution >= 0.6 is 21.6 Å². The van der Waals surface area contributed by atoms with E-state index in [0.717, 1.165) is 11.3 Å². The molecule has 19 heavy (non-hydrogen) atoms. The molecule has 1 atom stereocenters. The first-order chi connectivity index (χ1) is 9.13. The number of carbonyl (C=O) groups is 2. The van der Waals surface area contributed by atoms with Crippen molar-refractivity contribution in [3.63, 3.8) is 0 Å². The molecule has 0 saturated heterocycles. The summed E-state index contributed by atoms with van der Waals surface area (Å²) in [5.41, 5.74) is 6.30. The molecule has 0 unspecified atom stereocenters. The van der Waals surface area contributed by atoms with Gasteiger partial charge in [-0.1, -0.05) is 51.9 Å². The van der Waals surface area contributed by atoms with Crippen molar-refractivity contribution >= 4 is 33.4 Å². The second kappa shape index (κ2) is 8.87. The first-order valence-electron chi connectivity index (χ1n) is 5.91. The average Bonchev–Trinajstić information content (AvgIpc) is 2.39. The van der Waals surface area contributed by atoms with Gasteiger partial charge in [-0.3, -0.25) is 9.59 Å². The molecule has 0 aliphatic rings. The zero-order valence-corrected chi connectivity index (χ0v) is 12.4. The minimum Gasteiger partial charge on any atom is -0.368 e. The summed E-state index contributed by atoms with van der Waals surface area (Å²) in [6.45, 7) is 0. The summed E-state index contributed by atoms with van der Waals surface area (Å²) in [5.74, 6) is 0.0834. The van der Waals surface area contributed by atoms with Crippen molar-refractivity contribution in [3.05, 3.63) is 35.9 Å². The van der Waals surface area contributed by atoms with Gasteiger partial charge < -0.3 is 11.1 Å². The molecule has 0 heterocycles. The summed E-state index contributed by atoms with van der Waals surface area (Å²) in [7, 11) is 3.23. The molecule has 0 aromatic heterocycles. The molecular formula is C13H18N2O2S2. The maximum atomic E-state index is 11.7. The van der Waals surface area contributed by atoms with E-state index in [1.807, 2.05) is 36.6 Å². The van der Waals surface area contributed by atoms with Gasteiger partial charge in [0.1, 0.15) is 6.04 Å². The van der Waals surface area contributed by atoms with Gasteiger partial charge in [-0.2, -0.15) is 0 Å². The summed E-state index contributed by atoms with van der Waals surface area (Å²) < 4.78 is 0. The zero-order valence-electron chi connectivity index (χ0n) is 10.8. The molecule has 6 heteroatoms. The maximum absolute atomic E-state index is 11.7. The number of amides is 2. The Kier molecular flexibility index (Phi) is 7.43. The fraction of sp³-hybridized carbons (Fsp3) is 0.385. The third-order valence-electron chi connectivity index (χ3n) is 2.49. The van der Waals surface area contributed by atoms with Crippen LogP contribution in [0, 0.1) is 0 Å². The average molecular weight is 298 g/mol. The van der Waals surface area contributed by atoms with Crippen molar-refractivity contribution < 1.29 is 9.59 Å². The molecule has 0 radical (unpaired) electrons. The van der Waals surface area contributed by atoms with Gasteiger partial charge in [0.15, 0.2) is 0 Å². The number of hydrogen-bond acceptors (Lipinski definition) is 4. The van der Waals surface area contributed by atoms with Crippen LogP contribution in [0.15, 0.2) is 30.3 Å². The van der Waals surface area contributed by atoms with Crippen molar-refractivity contribution in [3.8, 4) is 0 Å². The SMILES string of the molecule is CSSCCC(=O)N[C@H](Cc1ccccc1)C(N)=O. The van der Waals surface area contributed by atoms with Crippen LogP contribution < -0.4 is 11.1 Å². The van der Waals surface area contributed by atoms with E-state index in [0.29, 0.717) is 12.8 Å². The summed E-state index contributed by atoms with van der Waals surface area (Å²) in [6.07, 6.45) is 2.78. The van der Waals surface area contributed by atoms with Crippen LogP contribution in [-0.2, 0) is 16.0 Å². The molecule has 1 rings (SSSR count). The summed E-state index contributed by atoms with van der Waals surface area (Å²) in [4.78, 5) is 23.0. The Bertz CT molecular complexity index is 412. The van der Waals surface area contributed by atoms with Gasteiger partial charge in [-0.25, -0.2) is 0 Å². The molecule has 0 fully saturated rings. The summed E-state index contributed by atoms with van der Waals surface area (Å²) in [6, 6.07) is 8.86. The van der Waals surface area contributed by atoms with Gasteiger partial charge in [0.25, 0.3) is 0 Å². The maximum Gasteiger partial charge on any atom is 0.240 e. The van der Waals surface area contributed by atoms with Crippen molar-refractivity contribution in [1.82, 2.24) is 5.32 Å². The predicted octanol–water partition coefficient (Wildman–Crippen LogP) is 1.60. The summed E-state index contributed by atoms with van der Waals surface area (Å²) >= 11 is 0. The molecular weight excluding hydrogens is 280 g/mol. The standard InChI is InChI=1S/C13H18N2O2S2/c1-18-19-8-7-12(16)15-11(13(14)17)9-10-5-3-2-4-6-10/h2-6,11H,7-9H2,1H3,(H2,14,17)(H,15,16)/t11-/m1/s1. The molecule has 0 spiro atoms. The lowest BCUT2D eigenvalue weighted by atomic mass is 10.1. The number of nitrogens with two attached hydrogens (primary N) is 1. The highest BCUT2D eigenvalue weighted by molar-refractivity contribution is 8.76. The molecule has 0 saturated carbocycles. The van der Waals surface area contributed by atoms with Crippen LogP contribution in [0.1, 0.15) is 12.0 Å². The highest BCUT2D eigenvalue weighted by atomic mass is 33.1. The molecule has 3 N–H and O–H groups in total. The third-order valence-corrected chi connectivity index (χ3v) is 4.31. The Labute approximate surface area is 121 Å². The number of rotatable bonds is 8. The van der Waals surface area contributed by atoms with Crippen LogP contribution in [0.5, 0.6) is 0 Å². The lowest BCUT2D eigenvalue weighted by Crippen LogP contribution is -2.45. The Morgan fingerprint density at radius 3 is 2.58 bits per heavy atom. The number of benzene rings is 1. The number of primary amides is 1. The fourth-order valence-electron chi connectivity index (χ4n) is 1.56. The van der Waals surface area contributed by atoms with Crippen molar-refractivity contribution in [2.75, 3.05) is 12.0 Å². The van der Waals surface area contributed by atoms with Crippen LogP contribution in [0.3, 0.4) is 0 Å². The highest BCUT2D eigenvalue weighted by Crippen LogP contribution is 2.17. The largest absolute Gasteiger partial charge is 0.368 e. The second-order valence-corrected chi connectivity index (χ2v) is 6.64. The van der Waals surface area contributed by atoms with E-state index in [9.17, 15) is 9.59 Å². The van der Waals surface area contributed by atoms with Gasteiger partial charge in [-0.05, 0) is 11.8 Å². The van der Waals surface area contributed by atoms with Crippen LogP contribution in [0.4, 0.5) is 0 Å². The minimum atomic E-state index is -0.644. The van der Waals surface area contributed by atoms with Crippen LogP contribution in [0.2, 0.25) is 0 Å². The Morgan fingerprint density at radius 1 is 1.32 bits per heavy atom. The van der Waals surface area contributed by atoms with Gasteiger partial charge in [0.05, 0.1) is 0 Å². The van der Waals surface area contributed by atoms with Gasteiger partial charge in [0.2, 0.25) is 11.8 Å². The van der Waals surface area contributed by atoms with E-state index in [1.54, 1.807) is 21.6 Å². The minimum absolute atomic E-state index is 0.138. The molecule has 4 nitrogen and oxygen atoms in total. The first kappa shape index (κ1) is 15.9. The van der Waals surface area contributed by atoms with Gasteiger partial charge in [0, 0.05) is 18.6 Å². The molecule has 0 aliphatic carbocycles. The van der Waals surface area contributed by atoms with E-state index in [-0.39, 0.29) is 5.91 Å². The normalized spacial score (nSPS) is 11.8. The monoisotopic (exact) mass is 298 g/mol. The van der Waals surface area contributed by atoms with Crippen LogP contribution in [0.25, 0.3) is 0 Å². The van der Waals surface area contributed by atoms with Crippen molar-refractivity contribution in [2.24, 2.45) is 5.73 Å². The molecule has 0 bridgehead atoms. The molecule has 0 aliphatic heterocycles. The summed E-state index contributed by atoms with van der Waals surface area (Å²) in [5, 5.41) is 2.69. The van der Waals surface area contributed by atoms with E-state index >= 15 is 0 Å². The van der Waals surface area contributed by atoms with Crippen molar-refractivity contribution in [2.45, 2.75) is 18.9 Å². The predicted molar refractivity (Wildman–Crippen MR) is 81.9 cm³/mol. The molecule has 1 aromatic rings. The Hall–Kier alpha value is -1.14. The van der Waals surface area contributed by atoms with E-state index in [2.05, 4.69) is 5.32 Å². The van der Waals surface area contributed by atoms with Gasteiger partial charge >= 0.3 is 0 Å². The Morgan fingerprint density at radius 2 is 2.00 bits per heavy atom. The van der Waals surface area contributed by atoms with E-state index in [1.165, 1.54) is 0 Å². The lowest BCUT2D eigenvalue weighted by Gasteiger charge is -2.15. The number of hydrogen-bond donors (Lipinski definition) is 2. The van der Waals surface area contributed by atoms with Crippen molar-refractivity contribution in [1.29, 1.82) is 0 Å². The third kappa shape index (κ3) is 6.54. The number of carbonyl (C=O) groups excluding carboxylic acids is 2. The zero-order chi connectivity index (χ0) is 14.1. The van der Waals surface area contributed by atoms with Gasteiger partial charge in [-0.15, -0.1) is 0 Å². The molecule has 2 amide bonds. The molecule has 104 valence electrons. The van der Waals surface area contributed by atoms with Crippen LogP contribution in [-0.4, -0.2) is 29.9 Å². The smallest absolute Gasteiger partial charge is 0.240 e. The quantitative estimate of drug-likeness (QED) is 0.565. The second-order valence-electron chi connectivity index (χ2n) is 3.95. The Balaban J connectivity index is 2.49. The first-order valence-corrected chi connectivity index (χ1v) is 8.64. The lowest BCUT2D eigenvalue weighted by molar-refractivity contribution is -0.127. The highest BCUT2D eigenvalue weighted by Gasteiger charge is 2.18. The van der Waals surface area contributed by atoms with E-state index < -0.39 is 11.9 Å². The fourth-order valence-corrected chi connectivity index (χ4v) is 2.74. The number of nitrogens with one attached hydrogen (secondary N) is 1. The molecule has 1 aromatic carbocycles. The van der Waals surface area contributed by atoms with E-state index in [4.69, 9.17) is 5.73 Å². The topological polar surface area (TPSA) is 72.2 Å².